The van der Waals surface area contributed by atoms with Gasteiger partial charge >= 0.3 is 0 Å². The lowest BCUT2D eigenvalue weighted by Gasteiger charge is -2.28. The highest BCUT2D eigenvalue weighted by atomic mass is 79.9. The Bertz CT molecular complexity index is 790. The van der Waals surface area contributed by atoms with E-state index >= 15 is 0 Å². The monoisotopic (exact) mass is 419 g/mol. The molecule has 2 amide bonds. The second kappa shape index (κ2) is 8.51. The number of likely N-dealkylation sites (N-methyl/N-ethyl adjacent to an activating group) is 1. The molecule has 0 saturated heterocycles. The number of amides is 2. The van der Waals surface area contributed by atoms with Crippen molar-refractivity contribution in [3.63, 3.8) is 0 Å². The number of furan rings is 1. The highest BCUT2D eigenvalue weighted by Crippen LogP contribution is 2.18. The van der Waals surface area contributed by atoms with Gasteiger partial charge in [-0.1, -0.05) is 24.3 Å². The van der Waals surface area contributed by atoms with Crippen LogP contribution in [0, 0.1) is 0 Å². The summed E-state index contributed by atoms with van der Waals surface area (Å²) in [6, 6.07) is 11.7. The number of carbonyl (C=O) groups excluding carboxylic acids is 2. The Labute approximate surface area is 161 Å². The Morgan fingerprint density at radius 1 is 1.23 bits per heavy atom. The van der Waals surface area contributed by atoms with Crippen LogP contribution in [0.4, 0.5) is 0 Å². The molecular formula is C19H22BrN3O3. The average molecular weight is 420 g/mol. The van der Waals surface area contributed by atoms with Crippen LogP contribution in [0.2, 0.25) is 0 Å². The first kappa shape index (κ1) is 18.7. The van der Waals surface area contributed by atoms with Crippen LogP contribution in [0.3, 0.4) is 0 Å². The van der Waals surface area contributed by atoms with Gasteiger partial charge in [-0.15, -0.1) is 0 Å². The molecule has 0 unspecified atom stereocenters. The van der Waals surface area contributed by atoms with E-state index in [4.69, 9.17) is 4.42 Å². The van der Waals surface area contributed by atoms with E-state index in [1.165, 1.54) is 16.0 Å². The molecule has 1 aromatic heterocycles. The predicted octanol–water partition coefficient (Wildman–Crippen LogP) is 2.29. The normalized spacial score (nSPS) is 13.9. The van der Waals surface area contributed by atoms with Crippen LogP contribution in [0.5, 0.6) is 0 Å². The molecule has 2 heterocycles. The van der Waals surface area contributed by atoms with Gasteiger partial charge in [0.05, 0.1) is 6.54 Å². The van der Waals surface area contributed by atoms with Gasteiger partial charge in [-0.3, -0.25) is 14.5 Å². The Balaban J connectivity index is 1.40. The van der Waals surface area contributed by atoms with E-state index in [-0.39, 0.29) is 24.1 Å². The van der Waals surface area contributed by atoms with Crippen molar-refractivity contribution in [2.24, 2.45) is 0 Å². The van der Waals surface area contributed by atoms with Crippen molar-refractivity contribution in [2.75, 3.05) is 33.2 Å². The summed E-state index contributed by atoms with van der Waals surface area (Å²) >= 11 is 3.16. The molecule has 0 bridgehead atoms. The quantitative estimate of drug-likeness (QED) is 0.779. The van der Waals surface area contributed by atoms with Crippen molar-refractivity contribution in [2.45, 2.75) is 13.0 Å². The van der Waals surface area contributed by atoms with Crippen LogP contribution in [0.15, 0.2) is 45.5 Å². The molecular weight excluding hydrogens is 398 g/mol. The summed E-state index contributed by atoms with van der Waals surface area (Å²) in [5.41, 5.74) is 2.78. The van der Waals surface area contributed by atoms with E-state index in [9.17, 15) is 9.59 Å². The standard InChI is InChI=1S/C19H22BrN3O3/c1-22(19(25)16-6-7-17(20)26-16)13-18(24)21-9-11-23-10-8-14-4-2-3-5-15(14)12-23/h2-7H,8-13H2,1H3,(H,21,24). The average Bonchev–Trinajstić information content (AvgIpc) is 3.07. The summed E-state index contributed by atoms with van der Waals surface area (Å²) in [6.45, 7) is 3.27. The summed E-state index contributed by atoms with van der Waals surface area (Å²) in [5, 5.41) is 2.88. The zero-order valence-electron chi connectivity index (χ0n) is 14.7. The molecule has 0 radical (unpaired) electrons. The molecule has 7 heteroatoms. The molecule has 0 atom stereocenters. The summed E-state index contributed by atoms with van der Waals surface area (Å²) in [7, 11) is 1.58. The van der Waals surface area contributed by atoms with Crippen molar-refractivity contribution in [3.05, 3.63) is 58.0 Å². The van der Waals surface area contributed by atoms with Crippen molar-refractivity contribution < 1.29 is 14.0 Å². The number of rotatable bonds is 6. The minimum absolute atomic E-state index is 0.0000141. The Kier molecular flexibility index (Phi) is 6.11. The number of carbonyl (C=O) groups is 2. The largest absolute Gasteiger partial charge is 0.444 e. The van der Waals surface area contributed by atoms with E-state index in [0.717, 1.165) is 26.1 Å². The third-order valence-corrected chi connectivity index (χ3v) is 4.90. The minimum Gasteiger partial charge on any atom is -0.444 e. The molecule has 138 valence electrons. The summed E-state index contributed by atoms with van der Waals surface area (Å²) in [5.74, 6) is -0.290. The highest BCUT2D eigenvalue weighted by Gasteiger charge is 2.19. The summed E-state index contributed by atoms with van der Waals surface area (Å²) in [4.78, 5) is 27.9. The maximum atomic E-state index is 12.2. The molecule has 0 fully saturated rings. The van der Waals surface area contributed by atoms with Crippen LogP contribution >= 0.6 is 15.9 Å². The van der Waals surface area contributed by atoms with Crippen LogP contribution in [-0.4, -0.2) is 54.8 Å². The first-order valence-corrected chi connectivity index (χ1v) is 9.39. The van der Waals surface area contributed by atoms with E-state index in [2.05, 4.69) is 50.4 Å². The van der Waals surface area contributed by atoms with Gasteiger partial charge in [0.2, 0.25) is 5.91 Å². The maximum absolute atomic E-state index is 12.2. The van der Waals surface area contributed by atoms with Gasteiger partial charge in [0.15, 0.2) is 10.4 Å². The number of hydrogen-bond acceptors (Lipinski definition) is 4. The fourth-order valence-electron chi connectivity index (χ4n) is 3.06. The molecule has 1 aromatic carbocycles. The topological polar surface area (TPSA) is 65.8 Å². The van der Waals surface area contributed by atoms with E-state index in [1.807, 2.05) is 0 Å². The molecule has 2 aromatic rings. The van der Waals surface area contributed by atoms with E-state index in [0.29, 0.717) is 11.2 Å². The number of hydrogen-bond donors (Lipinski definition) is 1. The molecule has 1 N–H and O–H groups in total. The van der Waals surface area contributed by atoms with Gasteiger partial charge < -0.3 is 14.6 Å². The predicted molar refractivity (Wildman–Crippen MR) is 102 cm³/mol. The van der Waals surface area contributed by atoms with Crippen LogP contribution in [0.1, 0.15) is 21.7 Å². The van der Waals surface area contributed by atoms with Gasteiger partial charge in [0.1, 0.15) is 0 Å². The molecule has 0 saturated carbocycles. The van der Waals surface area contributed by atoms with Gasteiger partial charge in [-0.2, -0.15) is 0 Å². The lowest BCUT2D eigenvalue weighted by atomic mass is 10.00. The van der Waals surface area contributed by atoms with Crippen molar-refractivity contribution in [1.29, 1.82) is 0 Å². The number of nitrogens with zero attached hydrogens (tertiary/aromatic N) is 2. The van der Waals surface area contributed by atoms with E-state index in [1.54, 1.807) is 19.2 Å². The van der Waals surface area contributed by atoms with Gasteiger partial charge in [-0.25, -0.2) is 0 Å². The van der Waals surface area contributed by atoms with Crippen LogP contribution in [0.25, 0.3) is 0 Å². The Hall–Kier alpha value is -2.12. The molecule has 1 aliphatic heterocycles. The summed E-state index contributed by atoms with van der Waals surface area (Å²) < 4.78 is 5.71. The van der Waals surface area contributed by atoms with Crippen molar-refractivity contribution in [3.8, 4) is 0 Å². The molecule has 1 aliphatic rings. The third-order valence-electron chi connectivity index (χ3n) is 4.47. The molecule has 0 spiro atoms. The lowest BCUT2D eigenvalue weighted by Crippen LogP contribution is -2.42. The molecule has 6 nitrogen and oxygen atoms in total. The number of benzene rings is 1. The maximum Gasteiger partial charge on any atom is 0.289 e. The number of nitrogens with one attached hydrogen (secondary N) is 1. The molecule has 26 heavy (non-hydrogen) atoms. The number of fused-ring (bicyclic) bond motifs is 1. The van der Waals surface area contributed by atoms with Crippen LogP contribution < -0.4 is 5.32 Å². The Morgan fingerprint density at radius 2 is 2.00 bits per heavy atom. The highest BCUT2D eigenvalue weighted by molar-refractivity contribution is 9.10. The summed E-state index contributed by atoms with van der Waals surface area (Å²) in [6.07, 6.45) is 1.04. The van der Waals surface area contributed by atoms with Crippen LogP contribution in [-0.2, 0) is 17.8 Å². The van der Waals surface area contributed by atoms with E-state index < -0.39 is 0 Å². The Morgan fingerprint density at radius 3 is 2.73 bits per heavy atom. The molecule has 3 rings (SSSR count). The SMILES string of the molecule is CN(CC(=O)NCCN1CCc2ccccc2C1)C(=O)c1ccc(Br)o1. The minimum atomic E-state index is -0.321. The second-order valence-electron chi connectivity index (χ2n) is 6.41. The third kappa shape index (κ3) is 4.74. The second-order valence-corrected chi connectivity index (χ2v) is 7.19. The van der Waals surface area contributed by atoms with Gasteiger partial charge in [0.25, 0.3) is 5.91 Å². The van der Waals surface area contributed by atoms with Crippen molar-refractivity contribution in [1.82, 2.24) is 15.1 Å². The first-order valence-electron chi connectivity index (χ1n) is 8.59. The molecule has 0 aliphatic carbocycles. The van der Waals surface area contributed by atoms with Crippen molar-refractivity contribution >= 4 is 27.7 Å². The fourth-order valence-corrected chi connectivity index (χ4v) is 3.37. The first-order chi connectivity index (χ1) is 12.5. The zero-order chi connectivity index (χ0) is 18.5. The lowest BCUT2D eigenvalue weighted by molar-refractivity contribution is -0.121. The van der Waals surface area contributed by atoms with Gasteiger partial charge in [-0.05, 0) is 45.6 Å². The smallest absolute Gasteiger partial charge is 0.289 e. The van der Waals surface area contributed by atoms with Gasteiger partial charge in [0, 0.05) is 33.2 Å². The fraction of sp³-hybridized carbons (Fsp3) is 0.368. The zero-order valence-corrected chi connectivity index (χ0v) is 16.3. The number of halogens is 1.